The van der Waals surface area contributed by atoms with Crippen molar-refractivity contribution in [3.05, 3.63) is 39.7 Å². The molecule has 0 aliphatic rings. The first-order valence-corrected chi connectivity index (χ1v) is 8.33. The maximum atomic E-state index is 9.18. The lowest BCUT2D eigenvalue weighted by atomic mass is 10.3. The van der Waals surface area contributed by atoms with Crippen molar-refractivity contribution in [2.75, 3.05) is 11.9 Å². The number of nitrogens with zero attached hydrogens (tertiary/aromatic N) is 3. The second-order valence-electron chi connectivity index (χ2n) is 4.54. The van der Waals surface area contributed by atoms with E-state index in [-0.39, 0.29) is 6.61 Å². The molecule has 0 spiro atoms. The fourth-order valence-electron chi connectivity index (χ4n) is 2.03. The Morgan fingerprint density at radius 1 is 1.43 bits per heavy atom. The van der Waals surface area contributed by atoms with Gasteiger partial charge in [0.05, 0.1) is 29.6 Å². The Balaban J connectivity index is 1.79. The Hall–Kier alpha value is -1.70. The zero-order chi connectivity index (χ0) is 14.7. The smallest absolute Gasteiger partial charge is 0.125 e. The lowest BCUT2D eigenvalue weighted by molar-refractivity contribution is 0.270. The van der Waals surface area contributed by atoms with E-state index >= 15 is 0 Å². The molecule has 0 aliphatic carbocycles. The normalized spacial score (nSPS) is 11.0. The van der Waals surface area contributed by atoms with E-state index in [0.29, 0.717) is 13.1 Å². The van der Waals surface area contributed by atoms with Crippen LogP contribution in [0.15, 0.2) is 29.8 Å². The molecule has 3 heterocycles. The van der Waals surface area contributed by atoms with Gasteiger partial charge in [-0.25, -0.2) is 9.67 Å². The van der Waals surface area contributed by atoms with Crippen LogP contribution >= 0.6 is 22.7 Å². The molecular weight excluding hydrogens is 304 g/mol. The molecular formula is C14H16N4OS2. The number of thiophene rings is 1. The number of aryl methyl sites for hydroxylation is 1. The molecule has 0 aliphatic heterocycles. The fraction of sp³-hybridized carbons (Fsp3) is 0.286. The fourth-order valence-corrected chi connectivity index (χ4v) is 3.45. The van der Waals surface area contributed by atoms with E-state index in [1.54, 1.807) is 22.7 Å². The molecule has 7 heteroatoms. The first-order valence-electron chi connectivity index (χ1n) is 6.64. The van der Waals surface area contributed by atoms with Crippen LogP contribution in [0.25, 0.3) is 10.6 Å². The number of anilines is 1. The van der Waals surface area contributed by atoms with E-state index in [1.807, 2.05) is 41.4 Å². The van der Waals surface area contributed by atoms with Crippen molar-refractivity contribution in [3.63, 3.8) is 0 Å². The third-order valence-electron chi connectivity index (χ3n) is 2.98. The molecule has 5 nitrogen and oxygen atoms in total. The standard InChI is InChI=1S/C14H16N4OS2/c1-10-15-8-11(21-10)9-16-14-7-12(13-3-2-6-20-13)17-18(14)4-5-19/h2-3,6-8,16,19H,4-5,9H2,1H3. The van der Waals surface area contributed by atoms with Gasteiger partial charge in [-0.15, -0.1) is 22.7 Å². The van der Waals surface area contributed by atoms with Crippen molar-refractivity contribution in [1.29, 1.82) is 0 Å². The molecule has 3 aromatic rings. The van der Waals surface area contributed by atoms with Gasteiger partial charge in [0.25, 0.3) is 0 Å². The van der Waals surface area contributed by atoms with Crippen LogP contribution in [0.5, 0.6) is 0 Å². The van der Waals surface area contributed by atoms with Crippen LogP contribution in [0.2, 0.25) is 0 Å². The van der Waals surface area contributed by atoms with Crippen LogP contribution in [0.4, 0.5) is 5.82 Å². The number of aromatic nitrogens is 3. The number of nitrogens with one attached hydrogen (secondary N) is 1. The Kier molecular flexibility index (Phi) is 4.33. The highest BCUT2D eigenvalue weighted by atomic mass is 32.1. The van der Waals surface area contributed by atoms with Crippen LogP contribution in [-0.2, 0) is 13.1 Å². The van der Waals surface area contributed by atoms with Crippen molar-refractivity contribution >= 4 is 28.5 Å². The van der Waals surface area contributed by atoms with Gasteiger partial charge in [-0.05, 0) is 18.4 Å². The largest absolute Gasteiger partial charge is 0.394 e. The van der Waals surface area contributed by atoms with E-state index < -0.39 is 0 Å². The maximum absolute atomic E-state index is 9.18. The summed E-state index contributed by atoms with van der Waals surface area (Å²) in [6.45, 7) is 3.26. The van der Waals surface area contributed by atoms with Crippen LogP contribution < -0.4 is 5.32 Å². The summed E-state index contributed by atoms with van der Waals surface area (Å²) in [6, 6.07) is 6.08. The molecule has 110 valence electrons. The molecule has 0 saturated carbocycles. The van der Waals surface area contributed by atoms with Gasteiger partial charge < -0.3 is 10.4 Å². The number of thiazole rings is 1. The quantitative estimate of drug-likeness (QED) is 0.733. The third-order valence-corrected chi connectivity index (χ3v) is 4.78. The van der Waals surface area contributed by atoms with E-state index in [2.05, 4.69) is 15.4 Å². The van der Waals surface area contributed by atoms with Crippen molar-refractivity contribution < 1.29 is 5.11 Å². The predicted octanol–water partition coefficient (Wildman–Crippen LogP) is 2.98. The van der Waals surface area contributed by atoms with Crippen molar-refractivity contribution in [2.24, 2.45) is 0 Å². The molecule has 3 rings (SSSR count). The highest BCUT2D eigenvalue weighted by Gasteiger charge is 2.10. The number of aliphatic hydroxyl groups is 1. The Morgan fingerprint density at radius 2 is 2.33 bits per heavy atom. The molecule has 0 unspecified atom stereocenters. The number of hydrogen-bond donors (Lipinski definition) is 2. The Bertz CT molecular complexity index is 702. The molecule has 0 radical (unpaired) electrons. The zero-order valence-corrected chi connectivity index (χ0v) is 13.2. The first kappa shape index (κ1) is 14.2. The molecule has 0 saturated heterocycles. The molecule has 0 atom stereocenters. The van der Waals surface area contributed by atoms with Crippen LogP contribution in [0, 0.1) is 6.92 Å². The molecule has 0 aromatic carbocycles. The zero-order valence-electron chi connectivity index (χ0n) is 11.6. The molecule has 2 N–H and O–H groups in total. The number of hydrogen-bond acceptors (Lipinski definition) is 6. The lowest BCUT2D eigenvalue weighted by Gasteiger charge is -2.07. The second-order valence-corrected chi connectivity index (χ2v) is 6.81. The molecule has 0 bridgehead atoms. The summed E-state index contributed by atoms with van der Waals surface area (Å²) in [5.74, 6) is 0.915. The third kappa shape index (κ3) is 3.31. The molecule has 3 aromatic heterocycles. The summed E-state index contributed by atoms with van der Waals surface area (Å²) >= 11 is 3.34. The van der Waals surface area contributed by atoms with Gasteiger partial charge in [-0.3, -0.25) is 0 Å². The average Bonchev–Trinajstić information content (AvgIpc) is 3.17. The van der Waals surface area contributed by atoms with Crippen molar-refractivity contribution in [3.8, 4) is 10.6 Å². The Labute approximate surface area is 130 Å². The molecule has 0 fully saturated rings. The van der Waals surface area contributed by atoms with Crippen molar-refractivity contribution in [2.45, 2.75) is 20.0 Å². The average molecular weight is 320 g/mol. The monoisotopic (exact) mass is 320 g/mol. The SMILES string of the molecule is Cc1ncc(CNc2cc(-c3cccs3)nn2CCO)s1. The predicted molar refractivity (Wildman–Crippen MR) is 86.8 cm³/mol. The van der Waals surface area contributed by atoms with Crippen LogP contribution in [0.3, 0.4) is 0 Å². The van der Waals surface area contributed by atoms with Crippen LogP contribution in [0.1, 0.15) is 9.88 Å². The summed E-state index contributed by atoms with van der Waals surface area (Å²) in [7, 11) is 0. The highest BCUT2D eigenvalue weighted by Crippen LogP contribution is 2.26. The molecule has 0 amide bonds. The van der Waals surface area contributed by atoms with Gasteiger partial charge in [0, 0.05) is 17.1 Å². The van der Waals surface area contributed by atoms with Gasteiger partial charge in [-0.2, -0.15) is 5.10 Å². The summed E-state index contributed by atoms with van der Waals surface area (Å²) in [4.78, 5) is 6.56. The summed E-state index contributed by atoms with van der Waals surface area (Å²) in [6.07, 6.45) is 1.89. The van der Waals surface area contributed by atoms with Crippen LogP contribution in [-0.4, -0.2) is 26.5 Å². The number of rotatable bonds is 6. The van der Waals surface area contributed by atoms with Gasteiger partial charge in [0.2, 0.25) is 0 Å². The minimum absolute atomic E-state index is 0.0694. The van der Waals surface area contributed by atoms with E-state index in [0.717, 1.165) is 21.4 Å². The maximum Gasteiger partial charge on any atom is 0.125 e. The van der Waals surface area contributed by atoms with Gasteiger partial charge in [0.1, 0.15) is 11.5 Å². The van der Waals surface area contributed by atoms with E-state index in [1.165, 1.54) is 4.88 Å². The van der Waals surface area contributed by atoms with E-state index in [9.17, 15) is 5.11 Å². The Morgan fingerprint density at radius 3 is 3.00 bits per heavy atom. The lowest BCUT2D eigenvalue weighted by Crippen LogP contribution is -2.09. The summed E-state index contributed by atoms with van der Waals surface area (Å²) < 4.78 is 1.81. The van der Waals surface area contributed by atoms with Crippen molar-refractivity contribution in [1.82, 2.24) is 14.8 Å². The molecule has 21 heavy (non-hydrogen) atoms. The second kappa shape index (κ2) is 6.38. The van der Waals surface area contributed by atoms with Gasteiger partial charge >= 0.3 is 0 Å². The first-order chi connectivity index (χ1) is 10.3. The topological polar surface area (TPSA) is 63.0 Å². The minimum atomic E-state index is 0.0694. The summed E-state index contributed by atoms with van der Waals surface area (Å²) in [5, 5.41) is 20.2. The minimum Gasteiger partial charge on any atom is -0.394 e. The van der Waals surface area contributed by atoms with E-state index in [4.69, 9.17) is 0 Å². The highest BCUT2D eigenvalue weighted by molar-refractivity contribution is 7.13. The van der Waals surface area contributed by atoms with Gasteiger partial charge in [0.15, 0.2) is 0 Å². The van der Waals surface area contributed by atoms with Gasteiger partial charge in [-0.1, -0.05) is 6.07 Å². The summed E-state index contributed by atoms with van der Waals surface area (Å²) in [5.41, 5.74) is 0.932. The number of aliphatic hydroxyl groups excluding tert-OH is 1.